The Morgan fingerprint density at radius 2 is 2.00 bits per heavy atom. The van der Waals surface area contributed by atoms with Crippen LogP contribution in [0.15, 0.2) is 32.7 Å². The predicted octanol–water partition coefficient (Wildman–Crippen LogP) is 4.19. The van der Waals surface area contributed by atoms with Gasteiger partial charge in [0.1, 0.15) is 0 Å². The Balaban J connectivity index is 1.63. The van der Waals surface area contributed by atoms with Gasteiger partial charge in [0.2, 0.25) is 0 Å². The molecule has 32 heavy (non-hydrogen) atoms. The van der Waals surface area contributed by atoms with Crippen LogP contribution in [-0.4, -0.2) is 65.7 Å². The van der Waals surface area contributed by atoms with Crippen LogP contribution in [0.2, 0.25) is 0 Å². The Labute approximate surface area is 210 Å². The van der Waals surface area contributed by atoms with Crippen LogP contribution in [-0.2, 0) is 20.2 Å². The summed E-state index contributed by atoms with van der Waals surface area (Å²) in [6.45, 7) is 4.88. The van der Waals surface area contributed by atoms with Gasteiger partial charge in [-0.3, -0.25) is 0 Å². The summed E-state index contributed by atoms with van der Waals surface area (Å²) in [6.07, 6.45) is 5.93. The standard InChI is InChI=1S/C18H19AsBrN6O3PS2/c1-3-28-30(27,29-4-2)7-5-6-26-16-13(15(19)22-10-23-16)25-17(26)32-18-24-12-9-21-8-11(20)14(12)31-18/h8-10H,3-7H2,1-2H3. The van der Waals surface area contributed by atoms with E-state index in [9.17, 15) is 4.57 Å². The quantitative estimate of drug-likeness (QED) is 0.191. The molecule has 9 nitrogen and oxygen atoms in total. The van der Waals surface area contributed by atoms with Crippen LogP contribution in [0.4, 0.5) is 0 Å². The summed E-state index contributed by atoms with van der Waals surface area (Å²) in [5.41, 5.74) is 2.28. The fourth-order valence-corrected chi connectivity index (χ4v) is 7.76. The molecule has 0 fully saturated rings. The second-order valence-electron chi connectivity index (χ2n) is 6.49. The van der Waals surface area contributed by atoms with Crippen molar-refractivity contribution in [3.63, 3.8) is 0 Å². The van der Waals surface area contributed by atoms with Crippen molar-refractivity contribution in [2.24, 2.45) is 0 Å². The maximum atomic E-state index is 12.8. The minimum absolute atomic E-state index is 0.318. The Morgan fingerprint density at radius 3 is 2.72 bits per heavy atom. The predicted molar refractivity (Wildman–Crippen MR) is 130 cm³/mol. The van der Waals surface area contributed by atoms with Crippen LogP contribution in [0.3, 0.4) is 0 Å². The van der Waals surface area contributed by atoms with Gasteiger partial charge in [-0.1, -0.05) is 0 Å². The zero-order valence-corrected chi connectivity index (χ0v) is 23.3. The fourth-order valence-electron chi connectivity index (χ4n) is 3.09. The molecule has 0 aliphatic heterocycles. The molecule has 4 rings (SSSR count). The first-order valence-electron chi connectivity index (χ1n) is 9.80. The van der Waals surface area contributed by atoms with E-state index in [0.717, 1.165) is 39.8 Å². The number of rotatable bonds is 10. The van der Waals surface area contributed by atoms with E-state index in [1.54, 1.807) is 23.7 Å². The Bertz CT molecular complexity index is 1290. The van der Waals surface area contributed by atoms with Crippen LogP contribution in [0.25, 0.3) is 21.4 Å². The van der Waals surface area contributed by atoms with Gasteiger partial charge >= 0.3 is 211 Å². The summed E-state index contributed by atoms with van der Waals surface area (Å²) >= 11 is 9.00. The van der Waals surface area contributed by atoms with E-state index in [1.807, 2.05) is 18.4 Å². The van der Waals surface area contributed by atoms with E-state index in [4.69, 9.17) is 14.0 Å². The first-order valence-corrected chi connectivity index (χ1v) is 14.9. The van der Waals surface area contributed by atoms with Crippen LogP contribution >= 0.6 is 46.6 Å². The molecule has 0 amide bonds. The van der Waals surface area contributed by atoms with Crippen molar-refractivity contribution in [2.45, 2.75) is 36.3 Å². The van der Waals surface area contributed by atoms with Gasteiger partial charge in [0.15, 0.2) is 0 Å². The van der Waals surface area contributed by atoms with Crippen molar-refractivity contribution in [1.82, 2.24) is 29.5 Å². The molecular formula is C18H19AsBrN6O3PS2. The molecule has 4 aromatic heterocycles. The van der Waals surface area contributed by atoms with Gasteiger partial charge in [-0.15, -0.1) is 0 Å². The van der Waals surface area contributed by atoms with Gasteiger partial charge < -0.3 is 0 Å². The number of halogens is 1. The van der Waals surface area contributed by atoms with E-state index in [0.29, 0.717) is 32.3 Å². The Hall–Kier alpha value is -0.872. The number of hydrogen-bond acceptors (Lipinski definition) is 10. The molecule has 2 radical (unpaired) electrons. The average Bonchev–Trinajstić information content (AvgIpc) is 3.32. The molecule has 0 saturated carbocycles. The molecule has 0 aliphatic rings. The van der Waals surface area contributed by atoms with Crippen molar-refractivity contribution in [1.29, 1.82) is 0 Å². The molecule has 14 heteroatoms. The molecule has 4 heterocycles. The van der Waals surface area contributed by atoms with E-state index >= 15 is 0 Å². The Morgan fingerprint density at radius 1 is 1.22 bits per heavy atom. The van der Waals surface area contributed by atoms with Gasteiger partial charge in [0.05, 0.1) is 0 Å². The zero-order valence-electron chi connectivity index (χ0n) is 17.3. The number of pyridine rings is 1. The topological polar surface area (TPSA) is 105 Å². The number of aromatic nitrogens is 6. The third-order valence-corrected chi connectivity index (χ3v) is 10.2. The number of thiazole rings is 1. The number of hydrogen-bond donors (Lipinski definition) is 0. The second-order valence-corrected chi connectivity index (χ2v) is 12.6. The van der Waals surface area contributed by atoms with Crippen LogP contribution < -0.4 is 4.48 Å². The van der Waals surface area contributed by atoms with Gasteiger partial charge in [0.25, 0.3) is 0 Å². The molecule has 0 aromatic carbocycles. The monoisotopic (exact) mass is 616 g/mol. The molecular weight excluding hydrogens is 598 g/mol. The summed E-state index contributed by atoms with van der Waals surface area (Å²) in [7, 11) is -3.11. The number of imidazole rings is 1. The van der Waals surface area contributed by atoms with E-state index in [2.05, 4.69) is 52.7 Å². The van der Waals surface area contributed by atoms with Gasteiger partial charge in [-0.05, 0) is 0 Å². The summed E-state index contributed by atoms with van der Waals surface area (Å²) in [6, 6.07) is 0. The van der Waals surface area contributed by atoms with Gasteiger partial charge in [-0.2, -0.15) is 0 Å². The molecule has 4 aromatic rings. The van der Waals surface area contributed by atoms with E-state index < -0.39 is 7.60 Å². The first kappa shape index (κ1) is 24.3. The van der Waals surface area contributed by atoms with Crippen LogP contribution in [0.1, 0.15) is 20.3 Å². The summed E-state index contributed by atoms with van der Waals surface area (Å²) in [4.78, 5) is 22.3. The maximum absolute atomic E-state index is 12.8. The fraction of sp³-hybridized carbons (Fsp3) is 0.389. The van der Waals surface area contributed by atoms with E-state index in [1.165, 1.54) is 18.1 Å². The number of aryl methyl sites for hydroxylation is 1. The molecule has 0 saturated heterocycles. The molecule has 0 atom stereocenters. The zero-order chi connectivity index (χ0) is 22.7. The Kier molecular flexibility index (Phi) is 8.03. The second kappa shape index (κ2) is 10.6. The van der Waals surface area contributed by atoms with Crippen molar-refractivity contribution < 1.29 is 13.6 Å². The molecule has 0 spiro atoms. The van der Waals surface area contributed by atoms with Crippen molar-refractivity contribution in [2.75, 3.05) is 19.4 Å². The van der Waals surface area contributed by atoms with Gasteiger partial charge in [-0.25, -0.2) is 0 Å². The van der Waals surface area contributed by atoms with Crippen molar-refractivity contribution >= 4 is 89.3 Å². The van der Waals surface area contributed by atoms with Crippen LogP contribution in [0, 0.1) is 0 Å². The third-order valence-electron chi connectivity index (χ3n) is 4.36. The minimum atomic E-state index is -3.11. The van der Waals surface area contributed by atoms with E-state index in [-0.39, 0.29) is 0 Å². The normalized spacial score (nSPS) is 12.2. The number of nitrogens with zero attached hydrogens (tertiary/aromatic N) is 6. The SMILES string of the molecule is CCOP(=O)(CCCn1c(Sc2nc3cncc(Br)c3s2)nc2c([As])ncnc21)OCC. The molecule has 0 aliphatic carbocycles. The number of fused-ring (bicyclic) bond motifs is 2. The molecule has 0 bridgehead atoms. The first-order chi connectivity index (χ1) is 15.4. The van der Waals surface area contributed by atoms with Crippen molar-refractivity contribution in [3.8, 4) is 0 Å². The van der Waals surface area contributed by atoms with Gasteiger partial charge in [0, 0.05) is 0 Å². The summed E-state index contributed by atoms with van der Waals surface area (Å²) < 4.78 is 29.2. The summed E-state index contributed by atoms with van der Waals surface area (Å²) in [5.74, 6) is 0. The van der Waals surface area contributed by atoms with Crippen molar-refractivity contribution in [3.05, 3.63) is 23.2 Å². The van der Waals surface area contributed by atoms with Crippen LogP contribution in [0.5, 0.6) is 0 Å². The molecule has 0 N–H and O–H groups in total. The third kappa shape index (κ3) is 5.27. The molecule has 0 unspecified atom stereocenters. The summed E-state index contributed by atoms with van der Waals surface area (Å²) in [5, 5.41) is 0.749. The molecule has 168 valence electrons. The average molecular weight is 617 g/mol.